The van der Waals surface area contributed by atoms with Gasteiger partial charge < -0.3 is 4.74 Å². The number of hydrazone groups is 1. The van der Waals surface area contributed by atoms with Crippen LogP contribution in [0.25, 0.3) is 0 Å². The van der Waals surface area contributed by atoms with E-state index in [0.29, 0.717) is 18.6 Å². The predicted molar refractivity (Wildman–Crippen MR) is 115 cm³/mol. The fourth-order valence-corrected chi connectivity index (χ4v) is 3.91. The summed E-state index contributed by atoms with van der Waals surface area (Å²) in [7, 11) is 0. The van der Waals surface area contributed by atoms with E-state index in [-0.39, 0.29) is 11.9 Å². The average Bonchev–Trinajstić information content (AvgIpc) is 3.14. The first kappa shape index (κ1) is 18.7. The van der Waals surface area contributed by atoms with Crippen LogP contribution in [0.15, 0.2) is 82.4 Å². The van der Waals surface area contributed by atoms with Crippen LogP contribution in [0.3, 0.4) is 0 Å². The molecule has 4 rings (SSSR count). The van der Waals surface area contributed by atoms with Gasteiger partial charge in [0.1, 0.15) is 11.6 Å². The fraction of sp³-hybridized carbons (Fsp3) is 0.174. The Kier molecular flexibility index (Phi) is 5.44. The maximum Gasteiger partial charge on any atom is 0.128 e. The Morgan fingerprint density at radius 3 is 2.46 bits per heavy atom. The van der Waals surface area contributed by atoms with E-state index < -0.39 is 0 Å². The first-order valence-corrected chi connectivity index (χ1v) is 10.1. The zero-order valence-electron chi connectivity index (χ0n) is 15.5. The van der Waals surface area contributed by atoms with Crippen molar-refractivity contribution in [3.05, 3.63) is 94.2 Å². The SMILES string of the molecule is CCOc1ccc(C2=NN(c3ccccc3Br)[C@@H](c3ccccc3F)C2)cc1. The lowest BCUT2D eigenvalue weighted by Gasteiger charge is -2.25. The van der Waals surface area contributed by atoms with E-state index in [1.54, 1.807) is 6.07 Å². The van der Waals surface area contributed by atoms with Gasteiger partial charge in [0.15, 0.2) is 0 Å². The zero-order valence-corrected chi connectivity index (χ0v) is 17.1. The summed E-state index contributed by atoms with van der Waals surface area (Å²) in [6, 6.07) is 22.5. The van der Waals surface area contributed by atoms with E-state index in [2.05, 4.69) is 15.9 Å². The summed E-state index contributed by atoms with van der Waals surface area (Å²) in [5.41, 5.74) is 3.49. The van der Waals surface area contributed by atoms with E-state index in [9.17, 15) is 4.39 Å². The van der Waals surface area contributed by atoms with Crippen molar-refractivity contribution in [2.24, 2.45) is 5.10 Å². The van der Waals surface area contributed by atoms with Crippen molar-refractivity contribution >= 4 is 27.3 Å². The van der Waals surface area contributed by atoms with Crippen LogP contribution in [0.2, 0.25) is 0 Å². The quantitative estimate of drug-likeness (QED) is 0.463. The second-order valence-electron chi connectivity index (χ2n) is 6.54. The van der Waals surface area contributed by atoms with Crippen LogP contribution >= 0.6 is 15.9 Å². The van der Waals surface area contributed by atoms with Crippen molar-refractivity contribution in [3.63, 3.8) is 0 Å². The molecule has 0 amide bonds. The van der Waals surface area contributed by atoms with Gasteiger partial charge in [-0.2, -0.15) is 5.10 Å². The monoisotopic (exact) mass is 438 g/mol. The largest absolute Gasteiger partial charge is 0.494 e. The molecule has 1 heterocycles. The minimum atomic E-state index is -0.215. The molecule has 0 saturated heterocycles. The van der Waals surface area contributed by atoms with Gasteiger partial charge in [-0.05, 0) is 70.9 Å². The summed E-state index contributed by atoms with van der Waals surface area (Å²) < 4.78 is 21.0. The van der Waals surface area contributed by atoms with Gasteiger partial charge in [-0.1, -0.05) is 30.3 Å². The van der Waals surface area contributed by atoms with Crippen molar-refractivity contribution in [1.82, 2.24) is 0 Å². The number of anilines is 1. The van der Waals surface area contributed by atoms with E-state index in [1.807, 2.05) is 72.6 Å². The van der Waals surface area contributed by atoms with Crippen LogP contribution in [0.5, 0.6) is 5.75 Å². The lowest BCUT2D eigenvalue weighted by atomic mass is 9.97. The maximum absolute atomic E-state index is 14.6. The van der Waals surface area contributed by atoms with E-state index >= 15 is 0 Å². The lowest BCUT2D eigenvalue weighted by Crippen LogP contribution is -2.20. The molecule has 3 aromatic rings. The molecule has 0 aliphatic carbocycles. The Bertz CT molecular complexity index is 1000. The Balaban J connectivity index is 1.74. The number of para-hydroxylation sites is 1. The number of nitrogens with zero attached hydrogens (tertiary/aromatic N) is 2. The highest BCUT2D eigenvalue weighted by molar-refractivity contribution is 9.10. The zero-order chi connectivity index (χ0) is 19.5. The number of hydrogen-bond acceptors (Lipinski definition) is 3. The van der Waals surface area contributed by atoms with Gasteiger partial charge in [0.2, 0.25) is 0 Å². The Hall–Kier alpha value is -2.66. The number of benzene rings is 3. The number of hydrogen-bond donors (Lipinski definition) is 0. The van der Waals surface area contributed by atoms with Gasteiger partial charge in [-0.3, -0.25) is 5.01 Å². The summed E-state index contributed by atoms with van der Waals surface area (Å²) in [6.07, 6.45) is 0.621. The highest BCUT2D eigenvalue weighted by atomic mass is 79.9. The van der Waals surface area contributed by atoms with Crippen molar-refractivity contribution in [1.29, 1.82) is 0 Å². The highest BCUT2D eigenvalue weighted by Gasteiger charge is 2.32. The van der Waals surface area contributed by atoms with Crippen molar-refractivity contribution in [2.45, 2.75) is 19.4 Å². The first-order valence-electron chi connectivity index (χ1n) is 9.26. The maximum atomic E-state index is 14.6. The summed E-state index contributed by atoms with van der Waals surface area (Å²) in [6.45, 7) is 2.59. The van der Waals surface area contributed by atoms with Crippen molar-refractivity contribution < 1.29 is 9.13 Å². The van der Waals surface area contributed by atoms with E-state index in [0.717, 1.165) is 27.2 Å². The van der Waals surface area contributed by atoms with Crippen molar-refractivity contribution in [3.8, 4) is 5.75 Å². The molecule has 0 saturated carbocycles. The minimum absolute atomic E-state index is 0.207. The molecule has 0 N–H and O–H groups in total. The molecule has 0 aromatic heterocycles. The second kappa shape index (κ2) is 8.15. The molecule has 5 heteroatoms. The molecule has 1 aliphatic rings. The van der Waals surface area contributed by atoms with Crippen LogP contribution in [0.1, 0.15) is 30.5 Å². The highest BCUT2D eigenvalue weighted by Crippen LogP contribution is 2.40. The molecular formula is C23H20BrFN2O. The van der Waals surface area contributed by atoms with Crippen LogP contribution < -0.4 is 9.75 Å². The minimum Gasteiger partial charge on any atom is -0.494 e. The van der Waals surface area contributed by atoms with Gasteiger partial charge in [-0.25, -0.2) is 4.39 Å². The molecular weight excluding hydrogens is 419 g/mol. The Labute approximate surface area is 172 Å². The molecule has 3 aromatic carbocycles. The number of ether oxygens (including phenoxy) is 1. The molecule has 0 unspecified atom stereocenters. The number of rotatable bonds is 5. The van der Waals surface area contributed by atoms with E-state index in [1.165, 1.54) is 6.07 Å². The third-order valence-electron chi connectivity index (χ3n) is 4.77. The molecule has 28 heavy (non-hydrogen) atoms. The summed E-state index contributed by atoms with van der Waals surface area (Å²) in [5.74, 6) is 0.617. The van der Waals surface area contributed by atoms with Gasteiger partial charge in [0, 0.05) is 16.5 Å². The van der Waals surface area contributed by atoms with Gasteiger partial charge in [-0.15, -0.1) is 0 Å². The lowest BCUT2D eigenvalue weighted by molar-refractivity contribution is 0.340. The normalized spacial score (nSPS) is 16.2. The summed E-state index contributed by atoms with van der Waals surface area (Å²) in [5, 5.41) is 6.79. The molecule has 1 atom stereocenters. The predicted octanol–water partition coefficient (Wildman–Crippen LogP) is 6.34. The van der Waals surface area contributed by atoms with Crippen LogP contribution in [0, 0.1) is 5.82 Å². The van der Waals surface area contributed by atoms with Gasteiger partial charge >= 0.3 is 0 Å². The van der Waals surface area contributed by atoms with Crippen LogP contribution in [-0.2, 0) is 0 Å². The smallest absolute Gasteiger partial charge is 0.128 e. The third kappa shape index (κ3) is 3.67. The van der Waals surface area contributed by atoms with Gasteiger partial charge in [0.25, 0.3) is 0 Å². The van der Waals surface area contributed by atoms with E-state index in [4.69, 9.17) is 9.84 Å². The Morgan fingerprint density at radius 2 is 1.75 bits per heavy atom. The first-order chi connectivity index (χ1) is 13.7. The molecule has 1 aliphatic heterocycles. The Morgan fingerprint density at radius 1 is 1.04 bits per heavy atom. The fourth-order valence-electron chi connectivity index (χ4n) is 3.44. The summed E-state index contributed by atoms with van der Waals surface area (Å²) in [4.78, 5) is 0. The molecule has 0 fully saturated rings. The van der Waals surface area contributed by atoms with Crippen LogP contribution in [0.4, 0.5) is 10.1 Å². The second-order valence-corrected chi connectivity index (χ2v) is 7.40. The third-order valence-corrected chi connectivity index (χ3v) is 5.44. The molecule has 0 spiro atoms. The van der Waals surface area contributed by atoms with Crippen molar-refractivity contribution in [2.75, 3.05) is 11.6 Å². The average molecular weight is 439 g/mol. The topological polar surface area (TPSA) is 24.8 Å². The molecule has 0 bridgehead atoms. The standard InChI is InChI=1S/C23H20BrFN2O/c1-2-28-17-13-11-16(12-14-17)21-15-23(18-7-3-5-9-20(18)25)27(26-21)22-10-6-4-8-19(22)24/h3-14,23H,2,15H2,1H3/t23-/m1/s1. The molecule has 142 valence electrons. The van der Waals surface area contributed by atoms with Gasteiger partial charge in [0.05, 0.1) is 24.0 Å². The molecule has 0 radical (unpaired) electrons. The molecule has 3 nitrogen and oxygen atoms in total. The summed E-state index contributed by atoms with van der Waals surface area (Å²) >= 11 is 3.61. The number of halogens is 2. The van der Waals surface area contributed by atoms with Crippen LogP contribution in [-0.4, -0.2) is 12.3 Å².